The van der Waals surface area contributed by atoms with Crippen LogP contribution in [0.4, 0.5) is 0 Å². The average molecular weight is 286 g/mol. The highest BCUT2D eigenvalue weighted by Gasteiger charge is 2.11. The summed E-state index contributed by atoms with van der Waals surface area (Å²) in [4.78, 5) is 11.9. The van der Waals surface area contributed by atoms with E-state index >= 15 is 0 Å². The molecule has 0 atom stereocenters. The van der Waals surface area contributed by atoms with E-state index in [-0.39, 0.29) is 23.1 Å². The molecule has 1 aromatic carbocycles. The van der Waals surface area contributed by atoms with Gasteiger partial charge >= 0.3 is 0 Å². The molecule has 1 aromatic heterocycles. The van der Waals surface area contributed by atoms with E-state index in [1.807, 2.05) is 38.1 Å². The van der Waals surface area contributed by atoms with Crippen molar-refractivity contribution in [2.45, 2.75) is 20.0 Å². The van der Waals surface area contributed by atoms with Crippen LogP contribution in [0.2, 0.25) is 0 Å². The van der Waals surface area contributed by atoms with Gasteiger partial charge in [-0.05, 0) is 32.0 Å². The maximum atomic E-state index is 11.9. The van der Waals surface area contributed by atoms with Gasteiger partial charge in [-0.25, -0.2) is 4.68 Å². The van der Waals surface area contributed by atoms with E-state index in [1.165, 1.54) is 17.8 Å². The molecule has 6 nitrogen and oxygen atoms in total. The number of nitrogens with one attached hydrogen (secondary N) is 1. The Morgan fingerprint density at radius 2 is 2.10 bits per heavy atom. The van der Waals surface area contributed by atoms with Gasteiger partial charge in [0.05, 0.1) is 17.4 Å². The molecular formula is C15H18N4O2. The second-order valence-electron chi connectivity index (χ2n) is 4.98. The van der Waals surface area contributed by atoms with Crippen molar-refractivity contribution in [2.24, 2.45) is 12.8 Å². The van der Waals surface area contributed by atoms with Crippen LogP contribution in [0.1, 0.15) is 19.4 Å². The summed E-state index contributed by atoms with van der Waals surface area (Å²) >= 11 is 0. The van der Waals surface area contributed by atoms with Gasteiger partial charge in [-0.3, -0.25) is 10.2 Å². The summed E-state index contributed by atoms with van der Waals surface area (Å²) < 4.78 is 6.83. The van der Waals surface area contributed by atoms with Crippen molar-refractivity contribution in [3.05, 3.63) is 46.2 Å². The first-order valence-corrected chi connectivity index (χ1v) is 6.58. The van der Waals surface area contributed by atoms with Crippen LogP contribution in [0.3, 0.4) is 0 Å². The van der Waals surface area contributed by atoms with Crippen molar-refractivity contribution in [2.75, 3.05) is 0 Å². The smallest absolute Gasteiger partial charge is 0.277 e. The Hall–Kier alpha value is -2.63. The molecule has 0 aliphatic carbocycles. The van der Waals surface area contributed by atoms with E-state index in [0.717, 1.165) is 11.3 Å². The highest BCUT2D eigenvalue weighted by atomic mass is 16.5. The highest BCUT2D eigenvalue weighted by Crippen LogP contribution is 2.22. The number of aromatic nitrogens is 2. The monoisotopic (exact) mass is 286 g/mol. The Kier molecular flexibility index (Phi) is 4.07. The van der Waals surface area contributed by atoms with Gasteiger partial charge in [-0.15, -0.1) is 0 Å². The van der Waals surface area contributed by atoms with Gasteiger partial charge in [0.2, 0.25) is 0 Å². The van der Waals surface area contributed by atoms with Gasteiger partial charge < -0.3 is 10.5 Å². The summed E-state index contributed by atoms with van der Waals surface area (Å²) in [5.74, 6) is 0.455. The lowest BCUT2D eigenvalue weighted by atomic mass is 10.1. The first-order chi connectivity index (χ1) is 9.88. The molecule has 0 bridgehead atoms. The van der Waals surface area contributed by atoms with Gasteiger partial charge in [-0.1, -0.05) is 12.1 Å². The molecule has 6 heteroatoms. The maximum absolute atomic E-state index is 11.9. The molecule has 0 saturated heterocycles. The fourth-order valence-corrected chi connectivity index (χ4v) is 1.94. The van der Waals surface area contributed by atoms with Crippen LogP contribution >= 0.6 is 0 Å². The van der Waals surface area contributed by atoms with E-state index in [4.69, 9.17) is 15.9 Å². The van der Waals surface area contributed by atoms with Gasteiger partial charge in [0, 0.05) is 12.6 Å². The number of hydrogen-bond donors (Lipinski definition) is 2. The van der Waals surface area contributed by atoms with Crippen molar-refractivity contribution in [1.29, 1.82) is 5.41 Å². The minimum absolute atomic E-state index is 0.0705. The van der Waals surface area contributed by atoms with Crippen LogP contribution in [0.5, 0.6) is 5.75 Å². The number of aryl methyl sites for hydroxylation is 1. The number of nitrogens with zero attached hydrogens (tertiary/aromatic N) is 2. The van der Waals surface area contributed by atoms with Crippen LogP contribution in [0, 0.1) is 5.41 Å². The highest BCUT2D eigenvalue weighted by molar-refractivity contribution is 5.95. The first kappa shape index (κ1) is 14.8. The third-order valence-corrected chi connectivity index (χ3v) is 2.85. The Morgan fingerprint density at radius 3 is 2.71 bits per heavy atom. The van der Waals surface area contributed by atoms with E-state index in [9.17, 15) is 4.79 Å². The van der Waals surface area contributed by atoms with Crippen LogP contribution < -0.4 is 16.0 Å². The summed E-state index contributed by atoms with van der Waals surface area (Å²) in [5.41, 5.74) is 6.56. The first-order valence-electron chi connectivity index (χ1n) is 6.58. The Balaban J connectivity index is 2.52. The van der Waals surface area contributed by atoms with Gasteiger partial charge in [0.25, 0.3) is 5.56 Å². The molecule has 110 valence electrons. The van der Waals surface area contributed by atoms with Crippen molar-refractivity contribution < 1.29 is 4.74 Å². The predicted molar refractivity (Wildman–Crippen MR) is 81.7 cm³/mol. The summed E-state index contributed by atoms with van der Waals surface area (Å²) in [6.45, 7) is 3.90. The number of nitrogen functional groups attached to an aromatic ring is 1. The van der Waals surface area contributed by atoms with E-state index in [1.54, 1.807) is 0 Å². The molecular weight excluding hydrogens is 268 g/mol. The lowest BCUT2D eigenvalue weighted by molar-refractivity contribution is 0.242. The largest absolute Gasteiger partial charge is 0.491 e. The van der Waals surface area contributed by atoms with Crippen molar-refractivity contribution in [1.82, 2.24) is 9.78 Å². The van der Waals surface area contributed by atoms with E-state index in [2.05, 4.69) is 5.10 Å². The summed E-state index contributed by atoms with van der Waals surface area (Å²) in [5, 5.41) is 11.7. The zero-order valence-electron chi connectivity index (χ0n) is 12.3. The molecule has 21 heavy (non-hydrogen) atoms. The standard InChI is InChI=1S/C15H18N4O2/c1-9(2)21-11-6-4-5-10(7-11)13-8-12(14(16)17)15(20)19(3)18-13/h4-9H,1-3H3,(H3,16,17). The number of benzene rings is 1. The second-order valence-corrected chi connectivity index (χ2v) is 4.98. The summed E-state index contributed by atoms with van der Waals surface area (Å²) in [7, 11) is 1.53. The van der Waals surface area contributed by atoms with Gasteiger partial charge in [0.1, 0.15) is 11.6 Å². The molecule has 0 aliphatic rings. The minimum atomic E-state index is -0.388. The Bertz CT molecular complexity index is 735. The third-order valence-electron chi connectivity index (χ3n) is 2.85. The quantitative estimate of drug-likeness (QED) is 0.658. The summed E-state index contributed by atoms with van der Waals surface area (Å²) in [6, 6.07) is 8.95. The van der Waals surface area contributed by atoms with Crippen molar-refractivity contribution >= 4 is 5.84 Å². The molecule has 0 radical (unpaired) electrons. The number of amidine groups is 1. The van der Waals surface area contributed by atoms with E-state index < -0.39 is 0 Å². The average Bonchev–Trinajstić information content (AvgIpc) is 2.41. The van der Waals surface area contributed by atoms with Crippen LogP contribution in [-0.2, 0) is 7.05 Å². The SMILES string of the molecule is CC(C)Oc1cccc(-c2cc(C(=N)N)c(=O)n(C)n2)c1. The van der Waals surface area contributed by atoms with Crippen LogP contribution in [0.25, 0.3) is 11.3 Å². The molecule has 2 rings (SSSR count). The van der Waals surface area contributed by atoms with E-state index in [0.29, 0.717) is 5.69 Å². The zero-order valence-corrected chi connectivity index (χ0v) is 12.3. The molecule has 2 aromatic rings. The van der Waals surface area contributed by atoms with Crippen LogP contribution in [0.15, 0.2) is 35.1 Å². The predicted octanol–water partition coefficient (Wildman–Crippen LogP) is 1.52. The molecule has 0 fully saturated rings. The number of ether oxygens (including phenoxy) is 1. The minimum Gasteiger partial charge on any atom is -0.491 e. The lowest BCUT2D eigenvalue weighted by Crippen LogP contribution is -2.29. The second kappa shape index (κ2) is 5.78. The van der Waals surface area contributed by atoms with Gasteiger partial charge in [0.15, 0.2) is 0 Å². The normalized spacial score (nSPS) is 10.7. The zero-order chi connectivity index (χ0) is 15.6. The Morgan fingerprint density at radius 1 is 1.38 bits per heavy atom. The fraction of sp³-hybridized carbons (Fsp3) is 0.267. The van der Waals surface area contributed by atoms with Gasteiger partial charge in [-0.2, -0.15) is 5.10 Å². The number of nitrogens with two attached hydrogens (primary N) is 1. The maximum Gasteiger partial charge on any atom is 0.277 e. The third kappa shape index (κ3) is 3.28. The summed E-state index contributed by atoms with van der Waals surface area (Å²) in [6.07, 6.45) is 0.0705. The molecule has 1 heterocycles. The molecule has 3 N–H and O–H groups in total. The molecule has 0 aliphatic heterocycles. The van der Waals surface area contributed by atoms with Crippen LogP contribution in [-0.4, -0.2) is 21.7 Å². The molecule has 0 saturated carbocycles. The van der Waals surface area contributed by atoms with Crippen molar-refractivity contribution in [3.8, 4) is 17.0 Å². The van der Waals surface area contributed by atoms with Crippen molar-refractivity contribution in [3.63, 3.8) is 0 Å². The topological polar surface area (TPSA) is 94.0 Å². The lowest BCUT2D eigenvalue weighted by Gasteiger charge is -2.11. The molecule has 0 unspecified atom stereocenters. The number of rotatable bonds is 4. The molecule has 0 amide bonds. The fourth-order valence-electron chi connectivity index (χ4n) is 1.94. The number of hydrogen-bond acceptors (Lipinski definition) is 4. The Labute approximate surface area is 122 Å². The molecule has 0 spiro atoms.